The van der Waals surface area contributed by atoms with E-state index >= 15 is 0 Å². The molecule has 3 N–H and O–H groups in total. The molecule has 0 spiro atoms. The SMILES string of the molecule is C[C@H]1CN(C(=O)O)c2cc(-c3ccc(S(N)(=O)=O)cc3)ccc2N1C(=O)CC1CCCCC1. The average Bonchev–Trinajstić information content (AvgIpc) is 2.78. The Hall–Kier alpha value is -2.91. The Morgan fingerprint density at radius 3 is 2.24 bits per heavy atom. The van der Waals surface area contributed by atoms with Crippen molar-refractivity contribution in [3.63, 3.8) is 0 Å². The van der Waals surface area contributed by atoms with Crippen LogP contribution in [0.25, 0.3) is 11.1 Å². The highest BCUT2D eigenvalue weighted by molar-refractivity contribution is 7.89. The predicted molar refractivity (Wildman–Crippen MR) is 127 cm³/mol. The summed E-state index contributed by atoms with van der Waals surface area (Å²) in [5.41, 5.74) is 2.47. The van der Waals surface area contributed by atoms with Crippen molar-refractivity contribution < 1.29 is 23.1 Å². The fourth-order valence-electron chi connectivity index (χ4n) is 4.94. The van der Waals surface area contributed by atoms with E-state index in [0.717, 1.165) is 31.2 Å². The van der Waals surface area contributed by atoms with E-state index in [0.29, 0.717) is 29.3 Å². The fourth-order valence-corrected chi connectivity index (χ4v) is 5.45. The Labute approximate surface area is 194 Å². The Bertz CT molecular complexity index is 1160. The number of hydrogen-bond acceptors (Lipinski definition) is 4. The van der Waals surface area contributed by atoms with Gasteiger partial charge in [0.25, 0.3) is 0 Å². The van der Waals surface area contributed by atoms with E-state index in [4.69, 9.17) is 5.14 Å². The van der Waals surface area contributed by atoms with Gasteiger partial charge in [-0.3, -0.25) is 9.69 Å². The lowest BCUT2D eigenvalue weighted by atomic mass is 9.86. The minimum absolute atomic E-state index is 0.00434. The molecule has 9 heteroatoms. The zero-order valence-electron chi connectivity index (χ0n) is 18.6. The highest BCUT2D eigenvalue weighted by Crippen LogP contribution is 2.40. The topological polar surface area (TPSA) is 121 Å². The van der Waals surface area contributed by atoms with Crippen LogP contribution in [0.1, 0.15) is 45.4 Å². The third kappa shape index (κ3) is 4.89. The molecule has 1 heterocycles. The van der Waals surface area contributed by atoms with Crippen molar-refractivity contribution in [2.75, 3.05) is 16.3 Å². The minimum atomic E-state index is -3.80. The van der Waals surface area contributed by atoms with Gasteiger partial charge in [-0.05, 0) is 61.1 Å². The summed E-state index contributed by atoms with van der Waals surface area (Å²) in [6, 6.07) is 11.2. The lowest BCUT2D eigenvalue weighted by molar-refractivity contribution is -0.120. The van der Waals surface area contributed by atoms with Crippen LogP contribution in [0.4, 0.5) is 16.2 Å². The number of carboxylic acid groups (broad SMARTS) is 1. The van der Waals surface area contributed by atoms with E-state index in [1.807, 2.05) is 13.0 Å². The largest absolute Gasteiger partial charge is 0.465 e. The lowest BCUT2D eigenvalue weighted by Gasteiger charge is -2.41. The first-order valence-electron chi connectivity index (χ1n) is 11.2. The first kappa shape index (κ1) is 23.3. The Kier molecular flexibility index (Phi) is 6.45. The summed E-state index contributed by atoms with van der Waals surface area (Å²) in [5, 5.41) is 15.0. The van der Waals surface area contributed by atoms with Gasteiger partial charge >= 0.3 is 6.09 Å². The molecule has 2 aromatic rings. The molecule has 1 aliphatic carbocycles. The second-order valence-electron chi connectivity index (χ2n) is 8.99. The molecule has 2 aliphatic rings. The van der Waals surface area contributed by atoms with Crippen molar-refractivity contribution >= 4 is 33.4 Å². The maximum atomic E-state index is 13.3. The number of primary sulfonamides is 1. The number of fused-ring (bicyclic) bond motifs is 1. The molecule has 0 aromatic heterocycles. The van der Waals surface area contributed by atoms with Gasteiger partial charge in [0.1, 0.15) is 0 Å². The molecular weight excluding hydrogens is 442 g/mol. The highest BCUT2D eigenvalue weighted by atomic mass is 32.2. The predicted octanol–water partition coefficient (Wildman–Crippen LogP) is 4.19. The number of carbonyl (C=O) groups is 2. The third-order valence-corrected chi connectivity index (χ3v) is 7.55. The molecular formula is C24H29N3O5S. The zero-order chi connectivity index (χ0) is 23.8. The number of benzene rings is 2. The fraction of sp³-hybridized carbons (Fsp3) is 0.417. The quantitative estimate of drug-likeness (QED) is 0.692. The molecule has 1 saturated carbocycles. The molecule has 33 heavy (non-hydrogen) atoms. The van der Waals surface area contributed by atoms with Gasteiger partial charge in [-0.1, -0.05) is 37.5 Å². The van der Waals surface area contributed by atoms with E-state index in [1.165, 1.54) is 23.5 Å². The smallest absolute Gasteiger partial charge is 0.411 e. The van der Waals surface area contributed by atoms with Gasteiger partial charge in [0.05, 0.1) is 22.3 Å². The first-order valence-corrected chi connectivity index (χ1v) is 12.8. The van der Waals surface area contributed by atoms with E-state index < -0.39 is 16.1 Å². The van der Waals surface area contributed by atoms with Gasteiger partial charge in [-0.25, -0.2) is 18.4 Å². The summed E-state index contributed by atoms with van der Waals surface area (Å²) in [5.74, 6) is 0.418. The Morgan fingerprint density at radius 1 is 1.00 bits per heavy atom. The van der Waals surface area contributed by atoms with Crippen LogP contribution in [0.2, 0.25) is 0 Å². The number of anilines is 2. The van der Waals surface area contributed by atoms with E-state index in [1.54, 1.807) is 29.2 Å². The van der Waals surface area contributed by atoms with Gasteiger partial charge in [-0.2, -0.15) is 0 Å². The average molecular weight is 472 g/mol. The van der Waals surface area contributed by atoms with Crippen LogP contribution in [0.3, 0.4) is 0 Å². The summed E-state index contributed by atoms with van der Waals surface area (Å²) in [4.78, 5) is 28.3. The van der Waals surface area contributed by atoms with Crippen molar-refractivity contribution in [1.29, 1.82) is 0 Å². The summed E-state index contributed by atoms with van der Waals surface area (Å²) in [6.45, 7) is 2.06. The summed E-state index contributed by atoms with van der Waals surface area (Å²) in [6.07, 6.45) is 5.07. The molecule has 0 radical (unpaired) electrons. The zero-order valence-corrected chi connectivity index (χ0v) is 19.4. The second kappa shape index (κ2) is 9.15. The van der Waals surface area contributed by atoms with Crippen LogP contribution in [0.15, 0.2) is 47.4 Å². The Balaban J connectivity index is 1.68. The van der Waals surface area contributed by atoms with Gasteiger partial charge in [0.2, 0.25) is 15.9 Å². The van der Waals surface area contributed by atoms with E-state index in [2.05, 4.69) is 0 Å². The monoisotopic (exact) mass is 471 g/mol. The molecule has 0 unspecified atom stereocenters. The molecule has 1 aliphatic heterocycles. The molecule has 2 aromatic carbocycles. The normalized spacial score (nSPS) is 19.3. The molecule has 176 valence electrons. The summed E-state index contributed by atoms with van der Waals surface area (Å²) < 4.78 is 23.1. The van der Waals surface area contributed by atoms with Crippen LogP contribution >= 0.6 is 0 Å². The van der Waals surface area contributed by atoms with Crippen molar-refractivity contribution in [3.05, 3.63) is 42.5 Å². The second-order valence-corrected chi connectivity index (χ2v) is 10.5. The number of nitrogens with two attached hydrogens (primary N) is 1. The number of carbonyl (C=O) groups excluding carboxylic acids is 1. The molecule has 0 bridgehead atoms. The number of nitrogens with zero attached hydrogens (tertiary/aromatic N) is 2. The maximum absolute atomic E-state index is 13.3. The van der Waals surface area contributed by atoms with Crippen LogP contribution in [0, 0.1) is 5.92 Å². The van der Waals surface area contributed by atoms with Gasteiger partial charge in [0, 0.05) is 13.0 Å². The number of hydrogen-bond donors (Lipinski definition) is 2. The van der Waals surface area contributed by atoms with Gasteiger partial charge < -0.3 is 10.0 Å². The number of amides is 2. The van der Waals surface area contributed by atoms with Crippen LogP contribution in [-0.4, -0.2) is 38.1 Å². The number of sulfonamides is 1. The van der Waals surface area contributed by atoms with Crippen molar-refractivity contribution in [2.24, 2.45) is 11.1 Å². The van der Waals surface area contributed by atoms with Gasteiger partial charge in [0.15, 0.2) is 0 Å². The minimum Gasteiger partial charge on any atom is -0.465 e. The van der Waals surface area contributed by atoms with Crippen LogP contribution in [-0.2, 0) is 14.8 Å². The van der Waals surface area contributed by atoms with Crippen molar-refractivity contribution in [1.82, 2.24) is 0 Å². The lowest BCUT2D eigenvalue weighted by Crippen LogP contribution is -2.52. The molecule has 1 fully saturated rings. The number of rotatable bonds is 4. The molecule has 1 atom stereocenters. The van der Waals surface area contributed by atoms with Crippen molar-refractivity contribution in [2.45, 2.75) is 56.4 Å². The van der Waals surface area contributed by atoms with E-state index in [9.17, 15) is 23.1 Å². The molecule has 2 amide bonds. The van der Waals surface area contributed by atoms with Crippen LogP contribution in [0.5, 0.6) is 0 Å². The third-order valence-electron chi connectivity index (χ3n) is 6.62. The molecule has 4 rings (SSSR count). The highest BCUT2D eigenvalue weighted by Gasteiger charge is 2.35. The summed E-state index contributed by atoms with van der Waals surface area (Å²) >= 11 is 0. The maximum Gasteiger partial charge on any atom is 0.411 e. The molecule has 0 saturated heterocycles. The Morgan fingerprint density at radius 2 is 1.64 bits per heavy atom. The van der Waals surface area contributed by atoms with Gasteiger partial charge in [-0.15, -0.1) is 0 Å². The van der Waals surface area contributed by atoms with E-state index in [-0.39, 0.29) is 23.4 Å². The summed E-state index contributed by atoms with van der Waals surface area (Å²) in [7, 11) is -3.80. The molecule has 8 nitrogen and oxygen atoms in total. The van der Waals surface area contributed by atoms with Crippen LogP contribution < -0.4 is 14.9 Å². The standard InChI is InChI=1S/C24H29N3O5S/c1-16-15-26(24(29)30)22-14-19(18-7-10-20(11-8-18)33(25,31)32)9-12-21(22)27(16)23(28)13-17-5-3-2-4-6-17/h7-12,14,16-17H,2-6,13,15H2,1H3,(H,29,30)(H2,25,31,32)/t16-/m0/s1. The van der Waals surface area contributed by atoms with Crippen molar-refractivity contribution in [3.8, 4) is 11.1 Å². The first-order chi connectivity index (χ1) is 15.6.